The topological polar surface area (TPSA) is 71.5 Å². The third-order valence-electron chi connectivity index (χ3n) is 4.38. The number of pyridine rings is 1. The van der Waals surface area contributed by atoms with Gasteiger partial charge in [-0.25, -0.2) is 0 Å². The molecule has 126 valence electrons. The lowest BCUT2D eigenvalue weighted by Crippen LogP contribution is -2.37. The summed E-state index contributed by atoms with van der Waals surface area (Å²) in [5, 5.41) is 13.3. The van der Waals surface area contributed by atoms with Gasteiger partial charge in [0.2, 0.25) is 0 Å². The van der Waals surface area contributed by atoms with Crippen molar-refractivity contribution in [3.8, 4) is 5.75 Å². The van der Waals surface area contributed by atoms with Gasteiger partial charge in [-0.3, -0.25) is 9.78 Å². The summed E-state index contributed by atoms with van der Waals surface area (Å²) in [5.41, 5.74) is 1.49. The van der Waals surface area contributed by atoms with Crippen LogP contribution in [0.2, 0.25) is 0 Å². The van der Waals surface area contributed by atoms with Crippen molar-refractivity contribution < 1.29 is 14.6 Å². The molecule has 2 N–H and O–H groups in total. The average molecular weight is 326 g/mol. The maximum absolute atomic E-state index is 12.2. The number of para-hydroxylation sites is 1. The van der Waals surface area contributed by atoms with E-state index >= 15 is 0 Å². The Morgan fingerprint density at radius 1 is 1.29 bits per heavy atom. The van der Waals surface area contributed by atoms with Crippen LogP contribution < -0.4 is 10.1 Å². The summed E-state index contributed by atoms with van der Waals surface area (Å²) < 4.78 is 5.85. The Kier molecular flexibility index (Phi) is 5.11. The van der Waals surface area contributed by atoms with Gasteiger partial charge in [-0.2, -0.15) is 0 Å². The molecule has 1 heterocycles. The molecule has 1 aliphatic carbocycles. The van der Waals surface area contributed by atoms with Crippen LogP contribution in [0, 0.1) is 12.8 Å². The molecule has 24 heavy (non-hydrogen) atoms. The number of carbonyl (C=O) groups excluding carboxylic acids is 1. The normalized spacial score (nSPS) is 23.0. The second-order valence-corrected chi connectivity index (χ2v) is 6.26. The fourth-order valence-electron chi connectivity index (χ4n) is 3.05. The van der Waals surface area contributed by atoms with Crippen LogP contribution in [0.5, 0.6) is 5.75 Å². The molecule has 5 nitrogen and oxygen atoms in total. The fourth-order valence-corrected chi connectivity index (χ4v) is 3.05. The van der Waals surface area contributed by atoms with E-state index in [1.807, 2.05) is 37.3 Å². The van der Waals surface area contributed by atoms with E-state index in [9.17, 15) is 9.90 Å². The van der Waals surface area contributed by atoms with Crippen LogP contribution >= 0.6 is 0 Å². The number of aliphatic hydroxyl groups excluding tert-OH is 1. The number of aromatic nitrogens is 1. The molecule has 2 aromatic rings. The summed E-state index contributed by atoms with van der Waals surface area (Å²) in [6.45, 7) is 2.33. The molecule has 1 aromatic carbocycles. The van der Waals surface area contributed by atoms with E-state index in [0.717, 1.165) is 24.2 Å². The molecule has 1 fully saturated rings. The predicted octanol–water partition coefficient (Wildman–Crippen LogP) is 2.34. The predicted molar refractivity (Wildman–Crippen MR) is 90.9 cm³/mol. The summed E-state index contributed by atoms with van der Waals surface area (Å²) in [7, 11) is 0. The van der Waals surface area contributed by atoms with Gasteiger partial charge < -0.3 is 15.2 Å². The standard InChI is InChI=1S/C19H22N2O3/c1-13-9-15(11-20-10-13)19(23)21-12-14-7-8-17(18(14)22)24-16-5-3-2-4-6-16/h2-6,9-11,14,17-18,22H,7-8,12H2,1H3,(H,21,23)/t14-,17-,18-/m1/s1. The summed E-state index contributed by atoms with van der Waals surface area (Å²) in [5.74, 6) is 0.600. The first kappa shape index (κ1) is 16.5. The van der Waals surface area contributed by atoms with Gasteiger partial charge in [0.05, 0.1) is 11.7 Å². The van der Waals surface area contributed by atoms with Crippen LogP contribution in [0.25, 0.3) is 0 Å². The molecule has 3 rings (SSSR count). The van der Waals surface area contributed by atoms with Crippen molar-refractivity contribution in [3.63, 3.8) is 0 Å². The first-order valence-corrected chi connectivity index (χ1v) is 8.23. The maximum atomic E-state index is 12.2. The lowest BCUT2D eigenvalue weighted by molar-refractivity contribution is 0.0348. The molecule has 0 spiro atoms. The Morgan fingerprint density at radius 3 is 2.83 bits per heavy atom. The highest BCUT2D eigenvalue weighted by molar-refractivity contribution is 5.93. The molecular formula is C19H22N2O3. The minimum atomic E-state index is -0.582. The minimum absolute atomic E-state index is 0.000399. The molecule has 1 aliphatic rings. The van der Waals surface area contributed by atoms with E-state index in [1.54, 1.807) is 18.5 Å². The van der Waals surface area contributed by atoms with Crippen molar-refractivity contribution >= 4 is 5.91 Å². The van der Waals surface area contributed by atoms with Gasteiger partial charge in [0.1, 0.15) is 11.9 Å². The van der Waals surface area contributed by atoms with E-state index in [4.69, 9.17) is 4.74 Å². The van der Waals surface area contributed by atoms with E-state index in [1.165, 1.54) is 0 Å². The zero-order chi connectivity index (χ0) is 16.9. The van der Waals surface area contributed by atoms with Gasteiger partial charge in [0.15, 0.2) is 0 Å². The van der Waals surface area contributed by atoms with Crippen molar-refractivity contribution in [1.29, 1.82) is 0 Å². The van der Waals surface area contributed by atoms with Crippen LogP contribution in [0.4, 0.5) is 0 Å². The van der Waals surface area contributed by atoms with Crippen molar-refractivity contribution in [1.82, 2.24) is 10.3 Å². The molecule has 0 aliphatic heterocycles. The quantitative estimate of drug-likeness (QED) is 0.885. The molecule has 0 bridgehead atoms. The lowest BCUT2D eigenvalue weighted by atomic mass is 10.1. The van der Waals surface area contributed by atoms with E-state index in [0.29, 0.717) is 12.1 Å². The Morgan fingerprint density at radius 2 is 2.08 bits per heavy atom. The molecule has 1 amide bonds. The molecule has 5 heteroatoms. The first-order valence-electron chi connectivity index (χ1n) is 8.23. The number of benzene rings is 1. The van der Waals surface area contributed by atoms with Gasteiger partial charge >= 0.3 is 0 Å². The van der Waals surface area contributed by atoms with Crippen LogP contribution in [0.3, 0.4) is 0 Å². The van der Waals surface area contributed by atoms with Crippen LogP contribution in [-0.2, 0) is 0 Å². The number of hydrogen-bond acceptors (Lipinski definition) is 4. The van der Waals surface area contributed by atoms with Gasteiger partial charge in [-0.1, -0.05) is 18.2 Å². The number of rotatable bonds is 5. The van der Waals surface area contributed by atoms with Gasteiger partial charge in [0, 0.05) is 24.9 Å². The summed E-state index contributed by atoms with van der Waals surface area (Å²) in [6.07, 6.45) is 4.06. The van der Waals surface area contributed by atoms with Crippen LogP contribution in [0.1, 0.15) is 28.8 Å². The lowest BCUT2D eigenvalue weighted by Gasteiger charge is -2.21. The number of ether oxygens (including phenoxy) is 1. The maximum Gasteiger partial charge on any atom is 0.252 e. The molecule has 1 saturated carbocycles. The highest BCUT2D eigenvalue weighted by Crippen LogP contribution is 2.29. The third-order valence-corrected chi connectivity index (χ3v) is 4.38. The third kappa shape index (κ3) is 3.92. The smallest absolute Gasteiger partial charge is 0.252 e. The van der Waals surface area contributed by atoms with E-state index in [-0.39, 0.29) is 17.9 Å². The monoisotopic (exact) mass is 326 g/mol. The molecule has 0 unspecified atom stereocenters. The van der Waals surface area contributed by atoms with E-state index < -0.39 is 6.10 Å². The van der Waals surface area contributed by atoms with Gasteiger partial charge in [-0.15, -0.1) is 0 Å². The van der Waals surface area contributed by atoms with Crippen molar-refractivity contribution in [2.45, 2.75) is 32.0 Å². The average Bonchev–Trinajstić information content (AvgIpc) is 2.94. The second kappa shape index (κ2) is 7.45. The zero-order valence-corrected chi connectivity index (χ0v) is 13.7. The minimum Gasteiger partial charge on any atom is -0.488 e. The molecule has 0 saturated heterocycles. The highest BCUT2D eigenvalue weighted by Gasteiger charge is 2.36. The number of hydrogen-bond donors (Lipinski definition) is 2. The first-order chi connectivity index (χ1) is 11.6. The van der Waals surface area contributed by atoms with E-state index in [2.05, 4.69) is 10.3 Å². The Hall–Kier alpha value is -2.40. The molecule has 1 aromatic heterocycles. The van der Waals surface area contributed by atoms with Gasteiger partial charge in [-0.05, 0) is 43.5 Å². The number of nitrogens with zero attached hydrogens (tertiary/aromatic N) is 1. The van der Waals surface area contributed by atoms with Crippen molar-refractivity contribution in [2.75, 3.05) is 6.54 Å². The highest BCUT2D eigenvalue weighted by atomic mass is 16.5. The molecular weight excluding hydrogens is 304 g/mol. The van der Waals surface area contributed by atoms with Crippen LogP contribution in [0.15, 0.2) is 48.8 Å². The summed E-state index contributed by atoms with van der Waals surface area (Å²) in [6, 6.07) is 11.3. The van der Waals surface area contributed by atoms with Crippen LogP contribution in [-0.4, -0.2) is 34.8 Å². The SMILES string of the molecule is Cc1cncc(C(=O)NC[C@H]2CC[C@@H](Oc3ccccc3)[C@@H]2O)c1. The number of aliphatic hydroxyl groups is 1. The van der Waals surface area contributed by atoms with Crippen molar-refractivity contribution in [2.24, 2.45) is 5.92 Å². The number of carbonyl (C=O) groups is 1. The summed E-state index contributed by atoms with van der Waals surface area (Å²) in [4.78, 5) is 16.2. The van der Waals surface area contributed by atoms with Crippen molar-refractivity contribution in [3.05, 3.63) is 59.9 Å². The number of aryl methyl sites for hydroxylation is 1. The number of nitrogens with one attached hydrogen (secondary N) is 1. The summed E-state index contributed by atoms with van der Waals surface area (Å²) >= 11 is 0. The molecule has 3 atom stereocenters. The zero-order valence-electron chi connectivity index (χ0n) is 13.7. The largest absolute Gasteiger partial charge is 0.488 e. The fraction of sp³-hybridized carbons (Fsp3) is 0.368. The Balaban J connectivity index is 1.52. The van der Waals surface area contributed by atoms with Gasteiger partial charge in [0.25, 0.3) is 5.91 Å². The Bertz CT molecular complexity index is 690. The molecule has 0 radical (unpaired) electrons. The second-order valence-electron chi connectivity index (χ2n) is 6.26. The Labute approximate surface area is 141 Å². The number of amides is 1.